The summed E-state index contributed by atoms with van der Waals surface area (Å²) >= 11 is 0. The number of hydrogen-bond donors (Lipinski definition) is 1. The lowest BCUT2D eigenvalue weighted by molar-refractivity contribution is -0.158. The second kappa shape index (κ2) is 11.4. The summed E-state index contributed by atoms with van der Waals surface area (Å²) in [6, 6.07) is 7.86. The number of nitrogens with zero attached hydrogens (tertiary/aromatic N) is 1. The van der Waals surface area contributed by atoms with E-state index in [2.05, 4.69) is 5.32 Å². The van der Waals surface area contributed by atoms with Crippen LogP contribution in [-0.2, 0) is 30.3 Å². The van der Waals surface area contributed by atoms with Crippen LogP contribution in [-0.4, -0.2) is 53.2 Å². The molecule has 2 amide bonds. The molecule has 184 valence electrons. The zero-order valence-corrected chi connectivity index (χ0v) is 20.6. The van der Waals surface area contributed by atoms with E-state index in [9.17, 15) is 19.2 Å². The Morgan fingerprint density at radius 1 is 1.00 bits per heavy atom. The molecule has 0 radical (unpaired) electrons. The van der Waals surface area contributed by atoms with Gasteiger partial charge in [-0.25, -0.2) is 4.79 Å². The van der Waals surface area contributed by atoms with Crippen molar-refractivity contribution < 1.29 is 23.9 Å². The number of carbonyl (C=O) groups excluding carboxylic acids is 4. The maximum absolute atomic E-state index is 13.6. The van der Waals surface area contributed by atoms with Crippen LogP contribution >= 0.6 is 0 Å². The number of hydrogen-bond acceptors (Lipinski definition) is 5. The molecule has 1 aromatic rings. The smallest absolute Gasteiger partial charge is 0.329 e. The van der Waals surface area contributed by atoms with E-state index in [0.29, 0.717) is 31.4 Å². The molecule has 1 saturated heterocycles. The summed E-state index contributed by atoms with van der Waals surface area (Å²) in [5.41, 5.74) is 1.41. The van der Waals surface area contributed by atoms with E-state index in [4.69, 9.17) is 4.74 Å². The summed E-state index contributed by atoms with van der Waals surface area (Å²) in [6.45, 7) is 7.59. The Morgan fingerprint density at radius 3 is 2.41 bits per heavy atom. The molecule has 0 saturated carbocycles. The van der Waals surface area contributed by atoms with Crippen LogP contribution in [0.3, 0.4) is 0 Å². The van der Waals surface area contributed by atoms with Crippen molar-refractivity contribution in [3.05, 3.63) is 47.5 Å². The van der Waals surface area contributed by atoms with Gasteiger partial charge >= 0.3 is 5.97 Å². The molecule has 0 aromatic heterocycles. The normalized spacial score (nSPS) is 31.4. The predicted octanol–water partition coefficient (Wildman–Crippen LogP) is 3.22. The Hall–Kier alpha value is -2.96. The number of carbonyl (C=O) groups is 4. The third-order valence-electron chi connectivity index (χ3n) is 6.76. The summed E-state index contributed by atoms with van der Waals surface area (Å²) < 4.78 is 5.69. The van der Waals surface area contributed by atoms with E-state index in [1.807, 2.05) is 50.3 Å². The van der Waals surface area contributed by atoms with Gasteiger partial charge in [0.2, 0.25) is 11.8 Å². The lowest BCUT2D eigenvalue weighted by Crippen LogP contribution is -2.54. The lowest BCUT2D eigenvalue weighted by Gasteiger charge is -2.30. The molecule has 2 heterocycles. The SMILES string of the molecule is C[C@@H]1CC[C@@H]([13CH3])/C=C(\[13CH3])C(=O)[C@H]([13CH3])C(=O)N[C@@H](Cc2ccccc2)C(=O)N2CCC[C@H]2C(=O)O1. The van der Waals surface area contributed by atoms with Gasteiger partial charge in [-0.1, -0.05) is 43.3 Å². The Kier molecular flexibility index (Phi) is 8.64. The van der Waals surface area contributed by atoms with Crippen molar-refractivity contribution in [2.45, 2.75) is 78.0 Å². The van der Waals surface area contributed by atoms with Crippen LogP contribution in [0, 0.1) is 11.8 Å². The molecule has 5 atom stereocenters. The Labute approximate surface area is 201 Å². The molecule has 2 aliphatic rings. The van der Waals surface area contributed by atoms with Gasteiger partial charge in [0.05, 0.1) is 12.0 Å². The highest BCUT2D eigenvalue weighted by atomic mass is 16.5. The number of nitrogens with one attached hydrogen (secondary N) is 1. The molecule has 0 aliphatic carbocycles. The summed E-state index contributed by atoms with van der Waals surface area (Å²) in [5.74, 6) is -2.26. The van der Waals surface area contributed by atoms with Gasteiger partial charge in [0.1, 0.15) is 12.1 Å². The molecule has 34 heavy (non-hydrogen) atoms. The molecular formula is C27H36N2O5. The summed E-state index contributed by atoms with van der Waals surface area (Å²) in [4.78, 5) is 54.1. The van der Waals surface area contributed by atoms with Crippen LogP contribution in [0.1, 0.15) is 58.9 Å². The first kappa shape index (κ1) is 25.7. The molecule has 1 aromatic carbocycles. The number of amides is 2. The van der Waals surface area contributed by atoms with Crippen LogP contribution in [0.4, 0.5) is 0 Å². The minimum atomic E-state index is -0.916. The number of ether oxygens (including phenoxy) is 1. The molecule has 0 unspecified atom stereocenters. The average molecular weight is 472 g/mol. The van der Waals surface area contributed by atoms with Crippen molar-refractivity contribution in [3.63, 3.8) is 0 Å². The number of cyclic esters (lactones) is 1. The maximum atomic E-state index is 13.6. The number of esters is 1. The van der Waals surface area contributed by atoms with Crippen LogP contribution in [0.5, 0.6) is 0 Å². The Balaban J connectivity index is 1.93. The third kappa shape index (κ3) is 6.33. The molecular weight excluding hydrogens is 435 g/mol. The molecule has 1 N–H and O–H groups in total. The number of allylic oxidation sites excluding steroid dienone is 2. The van der Waals surface area contributed by atoms with Crippen LogP contribution < -0.4 is 5.32 Å². The van der Waals surface area contributed by atoms with Gasteiger partial charge in [0, 0.05) is 13.0 Å². The number of Topliss-reactive ketones (excluding diaryl/α,β-unsaturated/α-hetero) is 1. The van der Waals surface area contributed by atoms with Gasteiger partial charge in [-0.2, -0.15) is 0 Å². The fourth-order valence-electron chi connectivity index (χ4n) is 4.71. The van der Waals surface area contributed by atoms with Crippen molar-refractivity contribution in [3.8, 4) is 0 Å². The summed E-state index contributed by atoms with van der Waals surface area (Å²) in [5, 5.41) is 2.81. The highest BCUT2D eigenvalue weighted by molar-refractivity contribution is 6.09. The van der Waals surface area contributed by atoms with Crippen LogP contribution in [0.25, 0.3) is 0 Å². The second-order valence-corrected chi connectivity index (χ2v) is 9.68. The number of fused-ring (bicyclic) bond motifs is 1. The van der Waals surface area contributed by atoms with E-state index in [-0.39, 0.29) is 30.1 Å². The number of benzene rings is 1. The van der Waals surface area contributed by atoms with E-state index in [1.165, 1.54) is 4.90 Å². The van der Waals surface area contributed by atoms with E-state index >= 15 is 0 Å². The third-order valence-corrected chi connectivity index (χ3v) is 6.76. The molecule has 1 fully saturated rings. The fourth-order valence-corrected chi connectivity index (χ4v) is 4.71. The van der Waals surface area contributed by atoms with Gasteiger partial charge in [-0.3, -0.25) is 14.4 Å². The topological polar surface area (TPSA) is 92.8 Å². The van der Waals surface area contributed by atoms with Crippen molar-refractivity contribution >= 4 is 23.6 Å². The van der Waals surface area contributed by atoms with Gasteiger partial charge in [-0.15, -0.1) is 0 Å². The molecule has 0 spiro atoms. The molecule has 7 nitrogen and oxygen atoms in total. The van der Waals surface area contributed by atoms with E-state index in [1.54, 1.807) is 13.8 Å². The quantitative estimate of drug-likeness (QED) is 0.406. The van der Waals surface area contributed by atoms with Gasteiger partial charge < -0.3 is 15.0 Å². The highest BCUT2D eigenvalue weighted by Gasteiger charge is 2.39. The van der Waals surface area contributed by atoms with Crippen molar-refractivity contribution in [2.24, 2.45) is 11.8 Å². The maximum Gasteiger partial charge on any atom is 0.329 e. The fraction of sp³-hybridized carbons (Fsp3) is 0.556. The zero-order valence-electron chi connectivity index (χ0n) is 20.6. The Morgan fingerprint density at radius 2 is 1.71 bits per heavy atom. The first-order valence-corrected chi connectivity index (χ1v) is 12.2. The zero-order chi connectivity index (χ0) is 24.8. The number of ketones is 1. The van der Waals surface area contributed by atoms with E-state index in [0.717, 1.165) is 12.0 Å². The first-order chi connectivity index (χ1) is 16.2. The molecule has 0 bridgehead atoms. The minimum Gasteiger partial charge on any atom is -0.461 e. The molecule has 3 rings (SSSR count). The van der Waals surface area contributed by atoms with E-state index < -0.39 is 29.9 Å². The van der Waals surface area contributed by atoms with Gasteiger partial charge in [-0.05, 0) is 63.5 Å². The summed E-state index contributed by atoms with van der Waals surface area (Å²) in [7, 11) is 0. The monoisotopic (exact) mass is 471 g/mol. The van der Waals surface area contributed by atoms with Gasteiger partial charge in [0.15, 0.2) is 5.78 Å². The minimum absolute atomic E-state index is 0.101. The average Bonchev–Trinajstić information content (AvgIpc) is 3.31. The molecule has 2 aliphatic heterocycles. The largest absolute Gasteiger partial charge is 0.461 e. The van der Waals surface area contributed by atoms with Crippen molar-refractivity contribution in [1.29, 1.82) is 0 Å². The first-order valence-electron chi connectivity index (χ1n) is 12.2. The Bertz CT molecular complexity index is 942. The van der Waals surface area contributed by atoms with Crippen LogP contribution in [0.2, 0.25) is 0 Å². The second-order valence-electron chi connectivity index (χ2n) is 9.68. The highest BCUT2D eigenvalue weighted by Crippen LogP contribution is 2.23. The molecule has 7 heteroatoms. The summed E-state index contributed by atoms with van der Waals surface area (Å²) in [6.07, 6.45) is 4.48. The standard InChI is InChI=1S/C27H36N2O5/c1-17-12-13-19(3)34-27(33)23-11-8-14-29(23)26(32)22(16-21-9-6-5-7-10-21)28-25(31)20(4)24(30)18(2)15-17/h5-7,9-10,15,17,19-20,22-23H,8,11-14,16H2,1-4H3,(H,28,31)/b18-15+/t17-,19-,20+,22+,23+/m1/s1/i1+1,2+1,4+1. The predicted molar refractivity (Wildman–Crippen MR) is 129 cm³/mol. The van der Waals surface area contributed by atoms with Gasteiger partial charge in [0.25, 0.3) is 0 Å². The number of rotatable bonds is 2. The van der Waals surface area contributed by atoms with Crippen molar-refractivity contribution in [1.82, 2.24) is 10.2 Å². The lowest BCUT2D eigenvalue weighted by atomic mass is 9.99. The van der Waals surface area contributed by atoms with Crippen molar-refractivity contribution in [2.75, 3.05) is 6.54 Å². The van der Waals surface area contributed by atoms with Crippen LogP contribution in [0.15, 0.2) is 42.0 Å².